The summed E-state index contributed by atoms with van der Waals surface area (Å²) in [6.45, 7) is 1.60. The molecule has 6 heteroatoms. The second-order valence-corrected chi connectivity index (χ2v) is 3.12. The average Bonchev–Trinajstić information content (AvgIpc) is 2.16. The number of rotatable bonds is 3. The van der Waals surface area contributed by atoms with Crippen molar-refractivity contribution in [3.63, 3.8) is 0 Å². The Kier molecular flexibility index (Phi) is 3.01. The first kappa shape index (κ1) is 11.1. The molecule has 0 aromatic heterocycles. The number of aromatic carboxylic acids is 1. The van der Waals surface area contributed by atoms with Gasteiger partial charge in [0.05, 0.1) is 10.5 Å². The molecular formula is C9H10N2O4. The lowest BCUT2D eigenvalue weighted by atomic mass is 10.0. The number of carboxylic acid groups (broad SMARTS) is 1. The molecule has 0 aliphatic rings. The number of carboxylic acids is 1. The largest absolute Gasteiger partial charge is 0.478 e. The Balaban J connectivity index is 3.33. The third-order valence-electron chi connectivity index (χ3n) is 1.96. The molecule has 0 saturated carbocycles. The van der Waals surface area contributed by atoms with Gasteiger partial charge in [0.15, 0.2) is 0 Å². The van der Waals surface area contributed by atoms with Crippen molar-refractivity contribution in [1.29, 1.82) is 0 Å². The van der Waals surface area contributed by atoms with Gasteiger partial charge in [0.25, 0.3) is 5.69 Å². The number of hydrogen-bond acceptors (Lipinski definition) is 4. The molecular weight excluding hydrogens is 200 g/mol. The van der Waals surface area contributed by atoms with E-state index in [0.29, 0.717) is 5.56 Å². The van der Waals surface area contributed by atoms with Crippen LogP contribution >= 0.6 is 0 Å². The van der Waals surface area contributed by atoms with E-state index < -0.39 is 16.9 Å². The highest BCUT2D eigenvalue weighted by atomic mass is 16.6. The molecule has 1 rings (SSSR count). The first-order chi connectivity index (χ1) is 6.93. The molecule has 1 aromatic carbocycles. The van der Waals surface area contributed by atoms with Gasteiger partial charge in [0.2, 0.25) is 0 Å². The molecule has 0 fully saturated rings. The van der Waals surface area contributed by atoms with Crippen LogP contribution in [0.2, 0.25) is 0 Å². The van der Waals surface area contributed by atoms with Crippen molar-refractivity contribution in [2.24, 2.45) is 5.73 Å². The molecule has 15 heavy (non-hydrogen) atoms. The van der Waals surface area contributed by atoms with Gasteiger partial charge in [-0.1, -0.05) is 0 Å². The minimum absolute atomic E-state index is 0.119. The molecule has 1 atom stereocenters. The number of nitrogens with zero attached hydrogens (tertiary/aromatic N) is 1. The summed E-state index contributed by atoms with van der Waals surface area (Å²) in [7, 11) is 0. The topological polar surface area (TPSA) is 106 Å². The van der Waals surface area contributed by atoms with E-state index in [9.17, 15) is 14.9 Å². The highest BCUT2D eigenvalue weighted by molar-refractivity contribution is 5.88. The number of carbonyl (C=O) groups is 1. The predicted molar refractivity (Wildman–Crippen MR) is 52.7 cm³/mol. The van der Waals surface area contributed by atoms with E-state index in [2.05, 4.69) is 0 Å². The zero-order valence-corrected chi connectivity index (χ0v) is 8.01. The fraction of sp³-hybridized carbons (Fsp3) is 0.222. The van der Waals surface area contributed by atoms with E-state index >= 15 is 0 Å². The highest BCUT2D eigenvalue weighted by Gasteiger charge is 2.19. The molecule has 0 radical (unpaired) electrons. The summed E-state index contributed by atoms with van der Waals surface area (Å²) in [6.07, 6.45) is 0. The van der Waals surface area contributed by atoms with Crippen LogP contribution in [0.3, 0.4) is 0 Å². The van der Waals surface area contributed by atoms with Gasteiger partial charge in [0.1, 0.15) is 0 Å². The molecule has 0 aliphatic carbocycles. The number of nitro benzene ring substituents is 1. The lowest BCUT2D eigenvalue weighted by molar-refractivity contribution is -0.385. The van der Waals surface area contributed by atoms with E-state index in [1.165, 1.54) is 12.1 Å². The smallest absolute Gasteiger partial charge is 0.335 e. The molecule has 0 bridgehead atoms. The third kappa shape index (κ3) is 2.29. The Hall–Kier alpha value is -1.95. The van der Waals surface area contributed by atoms with Gasteiger partial charge in [-0.05, 0) is 19.1 Å². The Labute approximate surface area is 85.5 Å². The molecule has 6 nitrogen and oxygen atoms in total. The Morgan fingerprint density at radius 3 is 2.60 bits per heavy atom. The summed E-state index contributed by atoms with van der Waals surface area (Å²) in [5.41, 5.74) is 5.47. The number of hydrogen-bond donors (Lipinski definition) is 2. The van der Waals surface area contributed by atoms with Crippen molar-refractivity contribution < 1.29 is 14.8 Å². The minimum atomic E-state index is -1.20. The molecule has 0 heterocycles. The molecule has 1 aromatic rings. The standard InChI is InChI=1S/C9H10N2O4/c1-5(10)7-3-2-6(9(12)13)4-8(7)11(14)15/h2-5H,10H2,1H3,(H,12,13)/t5-/m1/s1. The molecule has 0 saturated heterocycles. The van der Waals surface area contributed by atoms with Gasteiger partial charge in [0, 0.05) is 17.7 Å². The Bertz CT molecular complexity index is 415. The summed E-state index contributed by atoms with van der Waals surface area (Å²) in [6, 6.07) is 3.18. The lowest BCUT2D eigenvalue weighted by Gasteiger charge is -2.06. The van der Waals surface area contributed by atoms with Crippen LogP contribution in [0.25, 0.3) is 0 Å². The fourth-order valence-electron chi connectivity index (χ4n) is 1.22. The van der Waals surface area contributed by atoms with E-state index in [0.717, 1.165) is 6.07 Å². The number of nitrogens with two attached hydrogens (primary N) is 1. The van der Waals surface area contributed by atoms with Crippen LogP contribution in [-0.4, -0.2) is 16.0 Å². The van der Waals surface area contributed by atoms with E-state index in [4.69, 9.17) is 10.8 Å². The summed E-state index contributed by atoms with van der Waals surface area (Å²) in [4.78, 5) is 20.6. The molecule has 0 unspecified atom stereocenters. The maximum Gasteiger partial charge on any atom is 0.335 e. The van der Waals surface area contributed by atoms with Gasteiger partial charge in [-0.15, -0.1) is 0 Å². The van der Waals surface area contributed by atoms with Gasteiger partial charge in [-0.2, -0.15) is 0 Å². The van der Waals surface area contributed by atoms with Gasteiger partial charge >= 0.3 is 5.97 Å². The third-order valence-corrected chi connectivity index (χ3v) is 1.96. The quantitative estimate of drug-likeness (QED) is 0.577. The monoisotopic (exact) mass is 210 g/mol. The predicted octanol–water partition coefficient (Wildman–Crippen LogP) is 1.31. The first-order valence-corrected chi connectivity index (χ1v) is 4.20. The van der Waals surface area contributed by atoms with Crippen molar-refractivity contribution >= 4 is 11.7 Å². The van der Waals surface area contributed by atoms with Gasteiger partial charge < -0.3 is 10.8 Å². The second kappa shape index (κ2) is 4.05. The maximum absolute atomic E-state index is 10.7. The molecule has 0 aliphatic heterocycles. The van der Waals surface area contributed by atoms with Gasteiger partial charge in [-0.3, -0.25) is 10.1 Å². The summed E-state index contributed by atoms with van der Waals surface area (Å²) in [5.74, 6) is -1.20. The van der Waals surface area contributed by atoms with E-state index in [-0.39, 0.29) is 11.3 Å². The Morgan fingerprint density at radius 1 is 1.60 bits per heavy atom. The second-order valence-electron chi connectivity index (χ2n) is 3.12. The summed E-state index contributed by atoms with van der Waals surface area (Å²) >= 11 is 0. The van der Waals surface area contributed by atoms with E-state index in [1.807, 2.05) is 0 Å². The van der Waals surface area contributed by atoms with Crippen LogP contribution in [0.1, 0.15) is 28.9 Å². The fourth-order valence-corrected chi connectivity index (χ4v) is 1.22. The summed E-state index contributed by atoms with van der Waals surface area (Å²) in [5, 5.41) is 19.3. The molecule has 80 valence electrons. The van der Waals surface area contributed by atoms with E-state index in [1.54, 1.807) is 6.92 Å². The lowest BCUT2D eigenvalue weighted by Crippen LogP contribution is -2.09. The van der Waals surface area contributed by atoms with Crippen molar-refractivity contribution in [2.75, 3.05) is 0 Å². The van der Waals surface area contributed by atoms with Crippen LogP contribution in [0.15, 0.2) is 18.2 Å². The molecule has 0 spiro atoms. The van der Waals surface area contributed by atoms with Crippen molar-refractivity contribution in [2.45, 2.75) is 13.0 Å². The minimum Gasteiger partial charge on any atom is -0.478 e. The van der Waals surface area contributed by atoms with Crippen LogP contribution in [-0.2, 0) is 0 Å². The molecule has 3 N–H and O–H groups in total. The van der Waals surface area contributed by atoms with Crippen LogP contribution < -0.4 is 5.73 Å². The summed E-state index contributed by atoms with van der Waals surface area (Å²) < 4.78 is 0. The zero-order valence-electron chi connectivity index (χ0n) is 8.01. The van der Waals surface area contributed by atoms with Crippen molar-refractivity contribution in [3.8, 4) is 0 Å². The average molecular weight is 210 g/mol. The van der Waals surface area contributed by atoms with Crippen molar-refractivity contribution in [3.05, 3.63) is 39.4 Å². The highest BCUT2D eigenvalue weighted by Crippen LogP contribution is 2.24. The van der Waals surface area contributed by atoms with Crippen LogP contribution in [0.4, 0.5) is 5.69 Å². The number of benzene rings is 1. The first-order valence-electron chi connectivity index (χ1n) is 4.20. The van der Waals surface area contributed by atoms with Crippen molar-refractivity contribution in [1.82, 2.24) is 0 Å². The van der Waals surface area contributed by atoms with Crippen LogP contribution in [0, 0.1) is 10.1 Å². The Morgan fingerprint density at radius 2 is 2.20 bits per heavy atom. The zero-order chi connectivity index (χ0) is 11.6. The number of nitro groups is 1. The van der Waals surface area contributed by atoms with Gasteiger partial charge in [-0.25, -0.2) is 4.79 Å². The normalized spacial score (nSPS) is 12.1. The SMILES string of the molecule is C[C@@H](N)c1ccc(C(=O)O)cc1[N+](=O)[O-]. The maximum atomic E-state index is 10.7. The molecule has 0 amide bonds. The van der Waals surface area contributed by atoms with Crippen LogP contribution in [0.5, 0.6) is 0 Å².